The lowest BCUT2D eigenvalue weighted by Gasteiger charge is -2.13. The predicted molar refractivity (Wildman–Crippen MR) is 84.3 cm³/mol. The molecule has 21 heavy (non-hydrogen) atoms. The van der Waals surface area contributed by atoms with Crippen LogP contribution in [0.5, 0.6) is 17.2 Å². The van der Waals surface area contributed by atoms with Crippen molar-refractivity contribution in [2.24, 2.45) is 0 Å². The van der Waals surface area contributed by atoms with E-state index in [-0.39, 0.29) is 0 Å². The van der Waals surface area contributed by atoms with E-state index in [9.17, 15) is 0 Å². The molecule has 0 saturated carbocycles. The van der Waals surface area contributed by atoms with Crippen LogP contribution < -0.4 is 19.9 Å². The molecule has 0 aliphatic heterocycles. The van der Waals surface area contributed by atoms with Crippen molar-refractivity contribution in [1.82, 2.24) is 0 Å². The average Bonchev–Trinajstić information content (AvgIpc) is 2.49. The minimum Gasteiger partial charge on any atom is -0.497 e. The SMILES string of the molecule is COc1ccc(OCCOc2cccc(C)c2C)c(N)c1. The van der Waals surface area contributed by atoms with Gasteiger partial charge in [-0.05, 0) is 43.2 Å². The Hall–Kier alpha value is -2.36. The summed E-state index contributed by atoms with van der Waals surface area (Å²) < 4.78 is 16.5. The third-order valence-corrected chi connectivity index (χ3v) is 3.37. The van der Waals surface area contributed by atoms with Crippen molar-refractivity contribution in [2.75, 3.05) is 26.1 Å². The Morgan fingerprint density at radius 3 is 2.33 bits per heavy atom. The number of anilines is 1. The molecule has 0 aliphatic carbocycles. The van der Waals surface area contributed by atoms with Crippen LogP contribution in [0.1, 0.15) is 11.1 Å². The van der Waals surface area contributed by atoms with Crippen LogP contribution in [0.25, 0.3) is 0 Å². The van der Waals surface area contributed by atoms with Gasteiger partial charge in [0.25, 0.3) is 0 Å². The van der Waals surface area contributed by atoms with Gasteiger partial charge in [0.15, 0.2) is 0 Å². The predicted octanol–water partition coefficient (Wildman–Crippen LogP) is 3.35. The largest absolute Gasteiger partial charge is 0.497 e. The van der Waals surface area contributed by atoms with Crippen LogP contribution in [-0.4, -0.2) is 20.3 Å². The summed E-state index contributed by atoms with van der Waals surface area (Å²) in [6.07, 6.45) is 0. The number of hydrogen-bond donors (Lipinski definition) is 1. The molecule has 0 bridgehead atoms. The third kappa shape index (κ3) is 3.81. The molecule has 0 aliphatic rings. The number of ether oxygens (including phenoxy) is 3. The molecular weight excluding hydrogens is 266 g/mol. The van der Waals surface area contributed by atoms with Gasteiger partial charge in [-0.15, -0.1) is 0 Å². The fourth-order valence-electron chi connectivity index (χ4n) is 1.97. The van der Waals surface area contributed by atoms with Gasteiger partial charge in [0.1, 0.15) is 30.5 Å². The van der Waals surface area contributed by atoms with Crippen LogP contribution in [0.4, 0.5) is 5.69 Å². The molecule has 0 unspecified atom stereocenters. The van der Waals surface area contributed by atoms with Crippen molar-refractivity contribution in [3.05, 3.63) is 47.5 Å². The van der Waals surface area contributed by atoms with E-state index in [1.54, 1.807) is 19.2 Å². The van der Waals surface area contributed by atoms with E-state index >= 15 is 0 Å². The van der Waals surface area contributed by atoms with Crippen LogP contribution in [-0.2, 0) is 0 Å². The van der Waals surface area contributed by atoms with Gasteiger partial charge in [-0.25, -0.2) is 0 Å². The monoisotopic (exact) mass is 287 g/mol. The molecule has 0 spiro atoms. The summed E-state index contributed by atoms with van der Waals surface area (Å²) in [6.45, 7) is 5.02. The van der Waals surface area contributed by atoms with Crippen LogP contribution >= 0.6 is 0 Å². The van der Waals surface area contributed by atoms with Crippen molar-refractivity contribution < 1.29 is 14.2 Å². The van der Waals surface area contributed by atoms with E-state index in [0.29, 0.717) is 30.4 Å². The van der Waals surface area contributed by atoms with E-state index in [1.165, 1.54) is 5.56 Å². The van der Waals surface area contributed by atoms with Gasteiger partial charge >= 0.3 is 0 Å². The Morgan fingerprint density at radius 2 is 1.67 bits per heavy atom. The minimum absolute atomic E-state index is 0.434. The summed E-state index contributed by atoms with van der Waals surface area (Å²) in [5, 5.41) is 0. The fourth-order valence-corrected chi connectivity index (χ4v) is 1.97. The number of nitrogens with two attached hydrogens (primary N) is 1. The second-order valence-electron chi connectivity index (χ2n) is 4.80. The molecule has 2 rings (SSSR count). The molecular formula is C17H21NO3. The maximum absolute atomic E-state index is 5.89. The zero-order valence-electron chi connectivity index (χ0n) is 12.7. The van der Waals surface area contributed by atoms with Crippen LogP contribution in [0.15, 0.2) is 36.4 Å². The molecule has 0 radical (unpaired) electrons. The molecule has 2 aromatic carbocycles. The molecule has 0 amide bonds. The van der Waals surface area contributed by atoms with Gasteiger partial charge in [-0.2, -0.15) is 0 Å². The first-order valence-electron chi connectivity index (χ1n) is 6.87. The highest BCUT2D eigenvalue weighted by Crippen LogP contribution is 2.26. The van der Waals surface area contributed by atoms with Crippen molar-refractivity contribution in [3.63, 3.8) is 0 Å². The van der Waals surface area contributed by atoms with E-state index in [2.05, 4.69) is 13.0 Å². The van der Waals surface area contributed by atoms with Gasteiger partial charge in [0.2, 0.25) is 0 Å². The highest BCUT2D eigenvalue weighted by molar-refractivity contribution is 5.56. The molecule has 0 aromatic heterocycles. The summed E-state index contributed by atoms with van der Waals surface area (Å²) in [6, 6.07) is 11.4. The van der Waals surface area contributed by atoms with Gasteiger partial charge in [0, 0.05) is 6.07 Å². The first kappa shape index (κ1) is 15.0. The third-order valence-electron chi connectivity index (χ3n) is 3.37. The van der Waals surface area contributed by atoms with Crippen molar-refractivity contribution >= 4 is 5.69 Å². The summed E-state index contributed by atoms with van der Waals surface area (Å²) >= 11 is 0. The van der Waals surface area contributed by atoms with Gasteiger partial charge < -0.3 is 19.9 Å². The number of benzene rings is 2. The molecule has 2 aromatic rings. The second kappa shape index (κ2) is 6.88. The number of hydrogen-bond acceptors (Lipinski definition) is 4. The van der Waals surface area contributed by atoms with Crippen molar-refractivity contribution in [1.29, 1.82) is 0 Å². The van der Waals surface area contributed by atoms with E-state index < -0.39 is 0 Å². The van der Waals surface area contributed by atoms with Gasteiger partial charge in [0.05, 0.1) is 12.8 Å². The molecule has 4 nitrogen and oxygen atoms in total. The normalized spacial score (nSPS) is 10.2. The number of methoxy groups -OCH3 is 1. The Balaban J connectivity index is 1.86. The zero-order valence-corrected chi connectivity index (χ0v) is 12.7. The Labute approximate surface area is 125 Å². The first-order chi connectivity index (χ1) is 10.1. The molecule has 4 heteroatoms. The highest BCUT2D eigenvalue weighted by atomic mass is 16.5. The molecule has 0 heterocycles. The van der Waals surface area contributed by atoms with E-state index in [4.69, 9.17) is 19.9 Å². The Morgan fingerprint density at radius 1 is 0.952 bits per heavy atom. The summed E-state index contributed by atoms with van der Waals surface area (Å²) in [7, 11) is 1.60. The number of nitrogen functional groups attached to an aromatic ring is 1. The van der Waals surface area contributed by atoms with Crippen LogP contribution in [0.2, 0.25) is 0 Å². The second-order valence-corrected chi connectivity index (χ2v) is 4.80. The van der Waals surface area contributed by atoms with Crippen molar-refractivity contribution in [3.8, 4) is 17.2 Å². The minimum atomic E-state index is 0.434. The molecule has 0 atom stereocenters. The highest BCUT2D eigenvalue weighted by Gasteiger charge is 2.04. The molecule has 2 N–H and O–H groups in total. The fraction of sp³-hybridized carbons (Fsp3) is 0.294. The molecule has 0 fully saturated rings. The van der Waals surface area contributed by atoms with Crippen LogP contribution in [0.3, 0.4) is 0 Å². The van der Waals surface area contributed by atoms with Gasteiger partial charge in [-0.1, -0.05) is 12.1 Å². The summed E-state index contributed by atoms with van der Waals surface area (Å²) in [5.74, 6) is 2.24. The maximum atomic E-state index is 5.89. The Kier molecular flexibility index (Phi) is 4.93. The number of rotatable bonds is 6. The zero-order chi connectivity index (χ0) is 15.2. The average molecular weight is 287 g/mol. The maximum Gasteiger partial charge on any atom is 0.142 e. The Bertz CT molecular complexity index is 611. The van der Waals surface area contributed by atoms with Crippen molar-refractivity contribution in [2.45, 2.75) is 13.8 Å². The number of aryl methyl sites for hydroxylation is 1. The lowest BCUT2D eigenvalue weighted by molar-refractivity contribution is 0.217. The standard InChI is InChI=1S/C17H21NO3/c1-12-5-4-6-16(13(12)2)20-9-10-21-17-8-7-14(19-3)11-15(17)18/h4-8,11H,9-10,18H2,1-3H3. The van der Waals surface area contributed by atoms with Gasteiger partial charge in [-0.3, -0.25) is 0 Å². The van der Waals surface area contributed by atoms with E-state index in [1.807, 2.05) is 25.1 Å². The van der Waals surface area contributed by atoms with Crippen LogP contribution in [0, 0.1) is 13.8 Å². The van der Waals surface area contributed by atoms with E-state index in [0.717, 1.165) is 11.3 Å². The lowest BCUT2D eigenvalue weighted by Crippen LogP contribution is -2.10. The summed E-state index contributed by atoms with van der Waals surface area (Å²) in [4.78, 5) is 0. The topological polar surface area (TPSA) is 53.7 Å². The lowest BCUT2D eigenvalue weighted by atomic mass is 10.1. The quantitative estimate of drug-likeness (QED) is 0.654. The molecule has 112 valence electrons. The summed E-state index contributed by atoms with van der Waals surface area (Å²) in [5.41, 5.74) is 8.81. The molecule has 0 saturated heterocycles. The smallest absolute Gasteiger partial charge is 0.142 e. The first-order valence-corrected chi connectivity index (χ1v) is 6.87.